The Morgan fingerprint density at radius 1 is 1.15 bits per heavy atom. The van der Waals surface area contributed by atoms with Crippen molar-refractivity contribution in [1.29, 1.82) is 5.26 Å². The summed E-state index contributed by atoms with van der Waals surface area (Å²) in [6, 6.07) is 14.9. The third-order valence-electron chi connectivity index (χ3n) is 4.34. The zero-order valence-electron chi connectivity index (χ0n) is 18.7. The molecule has 0 fully saturated rings. The van der Waals surface area contributed by atoms with Crippen molar-refractivity contribution >= 4 is 44.4 Å². The topological polar surface area (TPSA) is 106 Å². The number of nitrogens with zero attached hydrogens (tertiary/aromatic N) is 3. The van der Waals surface area contributed by atoms with Crippen molar-refractivity contribution in [2.24, 2.45) is 0 Å². The standard InChI is InChI=1S/C24H23BrN4O4S/c1-3-21-28-29-24(34-21)27-23(30)17(15-26)12-16-13-19(25)22(20(14-16)31-4-2)33-11-10-32-18-8-6-5-7-9-18/h5-9,12-14H,3-4,10-11H2,1-2H3,(H,27,29,30). The van der Waals surface area contributed by atoms with E-state index in [0.29, 0.717) is 46.5 Å². The van der Waals surface area contributed by atoms with Gasteiger partial charge in [-0.05, 0) is 65.2 Å². The molecule has 0 spiro atoms. The van der Waals surface area contributed by atoms with E-state index in [2.05, 4.69) is 31.4 Å². The van der Waals surface area contributed by atoms with Gasteiger partial charge in [0.25, 0.3) is 5.91 Å². The first-order valence-corrected chi connectivity index (χ1v) is 12.2. The first kappa shape index (κ1) is 25.2. The normalized spacial score (nSPS) is 10.9. The van der Waals surface area contributed by atoms with Crippen molar-refractivity contribution in [1.82, 2.24) is 10.2 Å². The summed E-state index contributed by atoms with van der Waals surface area (Å²) < 4.78 is 17.9. The zero-order valence-corrected chi connectivity index (χ0v) is 21.1. The van der Waals surface area contributed by atoms with Gasteiger partial charge in [0.05, 0.1) is 11.1 Å². The van der Waals surface area contributed by atoms with Gasteiger partial charge < -0.3 is 14.2 Å². The average Bonchev–Trinajstić information content (AvgIpc) is 3.29. The van der Waals surface area contributed by atoms with Crippen LogP contribution < -0.4 is 19.5 Å². The van der Waals surface area contributed by atoms with Gasteiger partial charge in [-0.3, -0.25) is 10.1 Å². The van der Waals surface area contributed by atoms with Crippen molar-refractivity contribution in [3.63, 3.8) is 0 Å². The second kappa shape index (κ2) is 12.7. The molecule has 1 amide bonds. The van der Waals surface area contributed by atoms with Crippen LogP contribution in [0.2, 0.25) is 0 Å². The number of carbonyl (C=O) groups excluding carboxylic acids is 1. The molecule has 0 aliphatic heterocycles. The zero-order chi connectivity index (χ0) is 24.3. The number of hydrogen-bond donors (Lipinski definition) is 1. The highest BCUT2D eigenvalue weighted by molar-refractivity contribution is 9.10. The predicted octanol–water partition coefficient (Wildman–Crippen LogP) is 5.27. The van der Waals surface area contributed by atoms with E-state index in [0.717, 1.165) is 17.2 Å². The molecule has 0 radical (unpaired) electrons. The number of benzene rings is 2. The van der Waals surface area contributed by atoms with Crippen LogP contribution in [0, 0.1) is 11.3 Å². The number of amides is 1. The number of para-hydroxylation sites is 1. The molecule has 3 rings (SSSR count). The number of rotatable bonds is 11. The first-order chi connectivity index (χ1) is 16.5. The van der Waals surface area contributed by atoms with Gasteiger partial charge in [-0.25, -0.2) is 0 Å². The van der Waals surface area contributed by atoms with Gasteiger partial charge in [0.1, 0.15) is 35.6 Å². The number of nitriles is 1. The van der Waals surface area contributed by atoms with Crippen LogP contribution >= 0.6 is 27.3 Å². The molecule has 0 bridgehead atoms. The SMILES string of the molecule is CCOc1cc(C=C(C#N)C(=O)Nc2nnc(CC)s2)cc(Br)c1OCCOc1ccccc1. The Labute approximate surface area is 210 Å². The lowest BCUT2D eigenvalue weighted by atomic mass is 10.1. The van der Waals surface area contributed by atoms with Gasteiger partial charge in [0, 0.05) is 0 Å². The molecule has 8 nitrogen and oxygen atoms in total. The number of ether oxygens (including phenoxy) is 3. The molecule has 0 atom stereocenters. The Bertz CT molecular complexity index is 1190. The first-order valence-electron chi connectivity index (χ1n) is 10.6. The van der Waals surface area contributed by atoms with Crippen LogP contribution in [0.15, 0.2) is 52.5 Å². The molecule has 2 aromatic carbocycles. The molecule has 0 unspecified atom stereocenters. The van der Waals surface area contributed by atoms with Crippen LogP contribution in [0.1, 0.15) is 24.4 Å². The molecule has 176 valence electrons. The molecular weight excluding hydrogens is 520 g/mol. The van der Waals surface area contributed by atoms with Crippen LogP contribution in [0.4, 0.5) is 5.13 Å². The minimum Gasteiger partial charge on any atom is -0.490 e. The van der Waals surface area contributed by atoms with Crippen molar-refractivity contribution < 1.29 is 19.0 Å². The van der Waals surface area contributed by atoms with Crippen molar-refractivity contribution in [2.75, 3.05) is 25.1 Å². The van der Waals surface area contributed by atoms with Crippen molar-refractivity contribution in [3.8, 4) is 23.3 Å². The van der Waals surface area contributed by atoms with Crippen LogP contribution in [0.5, 0.6) is 17.2 Å². The molecule has 0 aliphatic rings. The molecule has 0 saturated heterocycles. The van der Waals surface area contributed by atoms with Gasteiger partial charge in [-0.2, -0.15) is 5.26 Å². The fraction of sp³-hybridized carbons (Fsp3) is 0.250. The summed E-state index contributed by atoms with van der Waals surface area (Å²) in [7, 11) is 0. The van der Waals surface area contributed by atoms with E-state index in [4.69, 9.17) is 14.2 Å². The largest absolute Gasteiger partial charge is 0.490 e. The smallest absolute Gasteiger partial charge is 0.268 e. The Hall–Kier alpha value is -3.42. The molecule has 1 aromatic heterocycles. The second-order valence-electron chi connectivity index (χ2n) is 6.75. The third-order valence-corrected chi connectivity index (χ3v) is 5.91. The number of anilines is 1. The van der Waals surface area contributed by atoms with Crippen molar-refractivity contribution in [2.45, 2.75) is 20.3 Å². The number of carbonyl (C=O) groups is 1. The Balaban J connectivity index is 1.72. The lowest BCUT2D eigenvalue weighted by Crippen LogP contribution is -2.13. The van der Waals surface area contributed by atoms with Gasteiger partial charge in [-0.15, -0.1) is 10.2 Å². The van der Waals surface area contributed by atoms with E-state index in [9.17, 15) is 10.1 Å². The van der Waals surface area contributed by atoms with Crippen LogP contribution in [-0.4, -0.2) is 35.9 Å². The number of hydrogen-bond acceptors (Lipinski definition) is 8. The Morgan fingerprint density at radius 2 is 1.91 bits per heavy atom. The summed E-state index contributed by atoms with van der Waals surface area (Å²) in [6.07, 6.45) is 2.20. The van der Waals surface area contributed by atoms with E-state index < -0.39 is 5.91 Å². The van der Waals surface area contributed by atoms with Crippen LogP contribution in [0.3, 0.4) is 0 Å². The highest BCUT2D eigenvalue weighted by Gasteiger charge is 2.16. The molecule has 10 heteroatoms. The number of aryl methyl sites for hydroxylation is 1. The molecule has 1 N–H and O–H groups in total. The van der Waals surface area contributed by atoms with Gasteiger partial charge >= 0.3 is 0 Å². The van der Waals surface area contributed by atoms with Crippen LogP contribution in [0.25, 0.3) is 6.08 Å². The van der Waals surface area contributed by atoms with E-state index in [1.807, 2.05) is 50.2 Å². The molecule has 0 saturated carbocycles. The van der Waals surface area contributed by atoms with Gasteiger partial charge in [0.2, 0.25) is 5.13 Å². The molecule has 1 heterocycles. The maximum Gasteiger partial charge on any atom is 0.268 e. The highest BCUT2D eigenvalue weighted by Crippen LogP contribution is 2.37. The highest BCUT2D eigenvalue weighted by atomic mass is 79.9. The fourth-order valence-electron chi connectivity index (χ4n) is 2.82. The summed E-state index contributed by atoms with van der Waals surface area (Å²) >= 11 is 4.77. The Kier molecular flexibility index (Phi) is 9.43. The summed E-state index contributed by atoms with van der Waals surface area (Å²) in [5.41, 5.74) is 0.522. The Morgan fingerprint density at radius 3 is 2.59 bits per heavy atom. The number of halogens is 1. The number of nitrogens with one attached hydrogen (secondary N) is 1. The fourth-order valence-corrected chi connectivity index (χ4v) is 4.07. The quantitative estimate of drug-likeness (QED) is 0.200. The average molecular weight is 543 g/mol. The lowest BCUT2D eigenvalue weighted by Gasteiger charge is -2.15. The van der Waals surface area contributed by atoms with Gasteiger partial charge in [-0.1, -0.05) is 36.5 Å². The third kappa shape index (κ3) is 7.04. The summed E-state index contributed by atoms with van der Waals surface area (Å²) in [4.78, 5) is 12.6. The van der Waals surface area contributed by atoms with E-state index >= 15 is 0 Å². The number of aromatic nitrogens is 2. The minimum atomic E-state index is -0.561. The molecule has 0 aliphatic carbocycles. The van der Waals surface area contributed by atoms with E-state index in [1.54, 1.807) is 12.1 Å². The van der Waals surface area contributed by atoms with E-state index in [1.165, 1.54) is 17.4 Å². The summed E-state index contributed by atoms with van der Waals surface area (Å²) in [5, 5.41) is 21.2. The van der Waals surface area contributed by atoms with E-state index in [-0.39, 0.29) is 5.57 Å². The summed E-state index contributed by atoms with van der Waals surface area (Å²) in [6.45, 7) is 4.88. The minimum absolute atomic E-state index is 0.0764. The predicted molar refractivity (Wildman–Crippen MR) is 134 cm³/mol. The molecule has 3 aromatic rings. The van der Waals surface area contributed by atoms with Crippen LogP contribution in [-0.2, 0) is 11.2 Å². The van der Waals surface area contributed by atoms with Crippen molar-refractivity contribution in [3.05, 3.63) is 63.1 Å². The van der Waals surface area contributed by atoms with Gasteiger partial charge in [0.15, 0.2) is 11.5 Å². The molecular formula is C24H23BrN4O4S. The summed E-state index contributed by atoms with van der Waals surface area (Å²) in [5.74, 6) is 1.20. The molecule has 34 heavy (non-hydrogen) atoms. The second-order valence-corrected chi connectivity index (χ2v) is 8.67. The maximum absolute atomic E-state index is 12.6. The monoisotopic (exact) mass is 542 g/mol. The maximum atomic E-state index is 12.6. The lowest BCUT2D eigenvalue weighted by molar-refractivity contribution is -0.112.